The quantitative estimate of drug-likeness (QED) is 0.874. The zero-order valence-electron chi connectivity index (χ0n) is 9.50. The molecule has 4 nitrogen and oxygen atoms in total. The van der Waals surface area contributed by atoms with Crippen molar-refractivity contribution in [2.75, 3.05) is 6.61 Å². The van der Waals surface area contributed by atoms with Crippen LogP contribution in [0, 0.1) is 0 Å². The molecule has 2 aromatic heterocycles. The molecule has 0 saturated heterocycles. The van der Waals surface area contributed by atoms with Crippen molar-refractivity contribution < 1.29 is 9.63 Å². The van der Waals surface area contributed by atoms with Crippen molar-refractivity contribution in [3.05, 3.63) is 23.3 Å². The fraction of sp³-hybridized carbons (Fsp3) is 0.455. The lowest BCUT2D eigenvalue weighted by Gasteiger charge is -2.06. The van der Waals surface area contributed by atoms with Gasteiger partial charge in [-0.25, -0.2) is 0 Å². The Morgan fingerprint density at radius 3 is 3.18 bits per heavy atom. The summed E-state index contributed by atoms with van der Waals surface area (Å²) in [6.45, 7) is 2.31. The maximum atomic E-state index is 8.80. The molecule has 0 amide bonds. The Morgan fingerprint density at radius 1 is 1.59 bits per heavy atom. The van der Waals surface area contributed by atoms with Gasteiger partial charge in [-0.1, -0.05) is 18.1 Å². The van der Waals surface area contributed by atoms with E-state index in [1.54, 1.807) is 23.1 Å². The van der Waals surface area contributed by atoms with Crippen LogP contribution >= 0.6 is 23.1 Å². The molecule has 0 aromatic carbocycles. The summed E-state index contributed by atoms with van der Waals surface area (Å²) in [5.74, 6) is 2.02. The van der Waals surface area contributed by atoms with Crippen LogP contribution in [0.15, 0.2) is 22.0 Å². The third kappa shape index (κ3) is 3.55. The lowest BCUT2D eigenvalue weighted by atomic mass is 10.3. The van der Waals surface area contributed by atoms with Crippen LogP contribution in [-0.4, -0.2) is 27.1 Å². The highest BCUT2D eigenvalue weighted by molar-refractivity contribution is 7.99. The SMILES string of the molecule is CC(CCO)SCc1noc(-c2cccs2)n1. The summed E-state index contributed by atoms with van der Waals surface area (Å²) in [6, 6.07) is 3.92. The fourth-order valence-electron chi connectivity index (χ4n) is 1.29. The second-order valence-electron chi connectivity index (χ2n) is 3.63. The Labute approximate surface area is 108 Å². The fourth-order valence-corrected chi connectivity index (χ4v) is 2.76. The van der Waals surface area contributed by atoms with E-state index in [0.29, 0.717) is 17.0 Å². The Hall–Kier alpha value is -0.850. The average molecular weight is 270 g/mol. The molecule has 0 radical (unpaired) electrons. The van der Waals surface area contributed by atoms with Gasteiger partial charge in [0.05, 0.1) is 10.6 Å². The topological polar surface area (TPSA) is 59.2 Å². The molecule has 1 unspecified atom stereocenters. The van der Waals surface area contributed by atoms with Gasteiger partial charge >= 0.3 is 0 Å². The summed E-state index contributed by atoms with van der Waals surface area (Å²) < 4.78 is 5.19. The van der Waals surface area contributed by atoms with Crippen LogP contribution < -0.4 is 0 Å². The van der Waals surface area contributed by atoms with Gasteiger partial charge in [0.2, 0.25) is 0 Å². The molecule has 0 aliphatic heterocycles. The highest BCUT2D eigenvalue weighted by atomic mass is 32.2. The zero-order chi connectivity index (χ0) is 12.1. The molecule has 0 saturated carbocycles. The van der Waals surface area contributed by atoms with Gasteiger partial charge in [-0.2, -0.15) is 16.7 Å². The van der Waals surface area contributed by atoms with E-state index in [-0.39, 0.29) is 6.61 Å². The molecular formula is C11H14N2O2S2. The minimum Gasteiger partial charge on any atom is -0.396 e. The van der Waals surface area contributed by atoms with E-state index in [2.05, 4.69) is 17.1 Å². The van der Waals surface area contributed by atoms with Crippen LogP contribution in [0.5, 0.6) is 0 Å². The molecule has 2 heterocycles. The van der Waals surface area contributed by atoms with Gasteiger partial charge in [0, 0.05) is 11.9 Å². The third-order valence-corrected chi connectivity index (χ3v) is 4.32. The zero-order valence-corrected chi connectivity index (χ0v) is 11.1. The van der Waals surface area contributed by atoms with Gasteiger partial charge in [-0.3, -0.25) is 0 Å². The molecule has 0 fully saturated rings. The minimum absolute atomic E-state index is 0.223. The second kappa shape index (κ2) is 6.18. The van der Waals surface area contributed by atoms with Crippen molar-refractivity contribution in [2.24, 2.45) is 0 Å². The summed E-state index contributed by atoms with van der Waals surface area (Å²) in [5.41, 5.74) is 0. The second-order valence-corrected chi connectivity index (χ2v) is 6.00. The van der Waals surface area contributed by atoms with Gasteiger partial charge in [-0.15, -0.1) is 11.3 Å². The van der Waals surface area contributed by atoms with Gasteiger partial charge in [0.15, 0.2) is 5.82 Å². The maximum Gasteiger partial charge on any atom is 0.268 e. The molecule has 17 heavy (non-hydrogen) atoms. The standard InChI is InChI=1S/C11H14N2O2S2/c1-8(4-5-14)17-7-10-12-11(15-13-10)9-3-2-6-16-9/h2-3,6,8,14H,4-5,7H2,1H3. The first kappa shape index (κ1) is 12.6. The Balaban J connectivity index is 1.91. The van der Waals surface area contributed by atoms with E-state index in [1.165, 1.54) is 0 Å². The lowest BCUT2D eigenvalue weighted by molar-refractivity contribution is 0.289. The smallest absolute Gasteiger partial charge is 0.268 e. The van der Waals surface area contributed by atoms with Crippen LogP contribution in [0.3, 0.4) is 0 Å². The average Bonchev–Trinajstić information content (AvgIpc) is 2.97. The first-order valence-electron chi connectivity index (χ1n) is 5.38. The normalized spacial score (nSPS) is 12.8. The largest absolute Gasteiger partial charge is 0.396 e. The van der Waals surface area contributed by atoms with E-state index < -0.39 is 0 Å². The monoisotopic (exact) mass is 270 g/mol. The van der Waals surface area contributed by atoms with Crippen LogP contribution in [0.2, 0.25) is 0 Å². The summed E-state index contributed by atoms with van der Waals surface area (Å²) in [6.07, 6.45) is 0.792. The van der Waals surface area contributed by atoms with Gasteiger partial charge < -0.3 is 9.63 Å². The van der Waals surface area contributed by atoms with Crippen molar-refractivity contribution in [3.63, 3.8) is 0 Å². The summed E-state index contributed by atoms with van der Waals surface area (Å²) in [4.78, 5) is 5.33. The van der Waals surface area contributed by atoms with Crippen molar-refractivity contribution in [1.82, 2.24) is 10.1 Å². The molecule has 0 aliphatic carbocycles. The van der Waals surface area contributed by atoms with Crippen LogP contribution in [0.25, 0.3) is 10.8 Å². The highest BCUT2D eigenvalue weighted by Crippen LogP contribution is 2.24. The first-order chi connectivity index (χ1) is 8.29. The number of hydrogen-bond acceptors (Lipinski definition) is 6. The van der Waals surface area contributed by atoms with E-state index in [4.69, 9.17) is 9.63 Å². The molecule has 92 valence electrons. The van der Waals surface area contributed by atoms with Gasteiger partial charge in [0.1, 0.15) is 0 Å². The number of aliphatic hydroxyl groups excluding tert-OH is 1. The third-order valence-electron chi connectivity index (χ3n) is 2.23. The van der Waals surface area contributed by atoms with E-state index in [9.17, 15) is 0 Å². The van der Waals surface area contributed by atoms with E-state index in [0.717, 1.165) is 17.1 Å². The molecule has 0 spiro atoms. The Kier molecular flexibility index (Phi) is 4.58. The number of nitrogens with zero attached hydrogens (tertiary/aromatic N) is 2. The van der Waals surface area contributed by atoms with Crippen LogP contribution in [0.4, 0.5) is 0 Å². The van der Waals surface area contributed by atoms with Crippen molar-refractivity contribution in [1.29, 1.82) is 0 Å². The van der Waals surface area contributed by atoms with Gasteiger partial charge in [0.25, 0.3) is 5.89 Å². The number of thiophene rings is 1. The van der Waals surface area contributed by atoms with Crippen LogP contribution in [0.1, 0.15) is 19.2 Å². The molecule has 1 atom stereocenters. The number of thioether (sulfide) groups is 1. The minimum atomic E-state index is 0.223. The van der Waals surface area contributed by atoms with Crippen molar-refractivity contribution in [2.45, 2.75) is 24.3 Å². The molecule has 0 bridgehead atoms. The highest BCUT2D eigenvalue weighted by Gasteiger charge is 2.10. The Bertz CT molecular complexity index is 442. The number of aliphatic hydroxyl groups is 1. The molecule has 2 aromatic rings. The van der Waals surface area contributed by atoms with Gasteiger partial charge in [-0.05, 0) is 17.9 Å². The number of aromatic nitrogens is 2. The molecule has 2 rings (SSSR count). The molecule has 1 N–H and O–H groups in total. The summed E-state index contributed by atoms with van der Waals surface area (Å²) in [5, 5.41) is 15.1. The first-order valence-corrected chi connectivity index (χ1v) is 7.31. The van der Waals surface area contributed by atoms with E-state index in [1.807, 2.05) is 17.5 Å². The summed E-state index contributed by atoms with van der Waals surface area (Å²) >= 11 is 3.31. The molecule has 6 heteroatoms. The lowest BCUT2D eigenvalue weighted by Crippen LogP contribution is -2.00. The molecule has 0 aliphatic rings. The number of rotatable bonds is 6. The maximum absolute atomic E-state index is 8.80. The van der Waals surface area contributed by atoms with Crippen LogP contribution in [-0.2, 0) is 5.75 Å². The number of hydrogen-bond donors (Lipinski definition) is 1. The predicted molar refractivity (Wildman–Crippen MR) is 70.1 cm³/mol. The Morgan fingerprint density at radius 2 is 2.47 bits per heavy atom. The summed E-state index contributed by atoms with van der Waals surface area (Å²) in [7, 11) is 0. The molecular weight excluding hydrogens is 256 g/mol. The predicted octanol–water partition coefficient (Wildman–Crippen LogP) is 2.80. The van der Waals surface area contributed by atoms with E-state index >= 15 is 0 Å². The van der Waals surface area contributed by atoms with Crippen molar-refractivity contribution >= 4 is 23.1 Å². The van der Waals surface area contributed by atoms with Crippen molar-refractivity contribution in [3.8, 4) is 10.8 Å².